The van der Waals surface area contributed by atoms with Gasteiger partial charge in [-0.05, 0) is 13.0 Å². The second-order valence-electron chi connectivity index (χ2n) is 3.68. The van der Waals surface area contributed by atoms with E-state index in [9.17, 15) is 18.0 Å². The third-order valence-electron chi connectivity index (χ3n) is 2.16. The van der Waals surface area contributed by atoms with Crippen LogP contribution < -0.4 is 10.6 Å². The second-order valence-corrected chi connectivity index (χ2v) is 3.68. The number of hydrogen-bond donors (Lipinski definition) is 2. The lowest BCUT2D eigenvalue weighted by atomic mass is 10.2. The molecule has 0 saturated carbocycles. The predicted octanol–water partition coefficient (Wildman–Crippen LogP) is 0.433. The molecule has 0 radical (unpaired) electrons. The third-order valence-corrected chi connectivity index (χ3v) is 2.16. The minimum absolute atomic E-state index is 0.0351. The summed E-state index contributed by atoms with van der Waals surface area (Å²) in [7, 11) is 0. The number of nitrogens with one attached hydrogen (secondary N) is 2. The fourth-order valence-electron chi connectivity index (χ4n) is 1.43. The number of carbonyl (C=O) groups is 1. The summed E-state index contributed by atoms with van der Waals surface area (Å²) in [5.41, 5.74) is 0. The van der Waals surface area contributed by atoms with Crippen LogP contribution in [-0.2, 0) is 9.53 Å². The van der Waals surface area contributed by atoms with Gasteiger partial charge in [-0.3, -0.25) is 4.79 Å². The first kappa shape index (κ1) is 13.2. The van der Waals surface area contributed by atoms with Gasteiger partial charge in [0.05, 0.1) is 6.61 Å². The summed E-state index contributed by atoms with van der Waals surface area (Å²) in [6, 6.07) is 0.0927. The standard InChI is InChI=1S/C9H15F3N2O2/c10-9(11,12)6-16-4-2-8(15)14-7-1-3-13-5-7/h7,13H,1-6H2,(H,14,15)/t7-/m1/s1. The van der Waals surface area contributed by atoms with Crippen LogP contribution in [0.3, 0.4) is 0 Å². The lowest BCUT2D eigenvalue weighted by Gasteiger charge is -2.11. The summed E-state index contributed by atoms with van der Waals surface area (Å²) in [6.07, 6.45) is -3.51. The van der Waals surface area contributed by atoms with Gasteiger partial charge in [-0.25, -0.2) is 0 Å². The molecule has 94 valence electrons. The average Bonchev–Trinajstić information content (AvgIpc) is 2.63. The van der Waals surface area contributed by atoms with Crippen LogP contribution in [0.2, 0.25) is 0 Å². The second kappa shape index (κ2) is 6.05. The van der Waals surface area contributed by atoms with Crippen molar-refractivity contribution < 1.29 is 22.7 Å². The Morgan fingerprint density at radius 3 is 2.81 bits per heavy atom. The normalized spacial score (nSPS) is 21.1. The van der Waals surface area contributed by atoms with E-state index in [2.05, 4.69) is 15.4 Å². The summed E-state index contributed by atoms with van der Waals surface area (Å²) in [5.74, 6) is -0.268. The molecular formula is C9H15F3N2O2. The Kier molecular flexibility index (Phi) is 5.01. The molecule has 1 aliphatic rings. The molecule has 16 heavy (non-hydrogen) atoms. The quantitative estimate of drug-likeness (QED) is 0.685. The van der Waals surface area contributed by atoms with E-state index in [0.717, 1.165) is 19.5 Å². The highest BCUT2D eigenvalue weighted by molar-refractivity contribution is 5.76. The van der Waals surface area contributed by atoms with Crippen LogP contribution in [0.5, 0.6) is 0 Å². The van der Waals surface area contributed by atoms with Crippen molar-refractivity contribution in [1.82, 2.24) is 10.6 Å². The van der Waals surface area contributed by atoms with E-state index in [-0.39, 0.29) is 25.0 Å². The van der Waals surface area contributed by atoms with Gasteiger partial charge < -0.3 is 15.4 Å². The predicted molar refractivity (Wildman–Crippen MR) is 50.9 cm³/mol. The van der Waals surface area contributed by atoms with Crippen LogP contribution in [0.4, 0.5) is 13.2 Å². The van der Waals surface area contributed by atoms with Crippen LogP contribution in [0, 0.1) is 0 Å². The van der Waals surface area contributed by atoms with E-state index in [1.165, 1.54) is 0 Å². The highest BCUT2D eigenvalue weighted by atomic mass is 19.4. The van der Waals surface area contributed by atoms with Gasteiger partial charge in [-0.2, -0.15) is 13.2 Å². The summed E-state index contributed by atoms with van der Waals surface area (Å²) < 4.78 is 39.4. The van der Waals surface area contributed by atoms with Gasteiger partial charge in [-0.1, -0.05) is 0 Å². The Labute approximate surface area is 91.5 Å². The number of hydrogen-bond acceptors (Lipinski definition) is 3. The molecule has 1 fully saturated rings. The van der Waals surface area contributed by atoms with Crippen molar-refractivity contribution in [3.05, 3.63) is 0 Å². The number of rotatable bonds is 5. The number of ether oxygens (including phenoxy) is 1. The Bertz CT molecular complexity index is 227. The molecule has 2 N–H and O–H groups in total. The van der Waals surface area contributed by atoms with Crippen LogP contribution in [0.1, 0.15) is 12.8 Å². The molecule has 0 bridgehead atoms. The number of halogens is 3. The van der Waals surface area contributed by atoms with Crippen molar-refractivity contribution in [2.45, 2.75) is 25.1 Å². The van der Waals surface area contributed by atoms with Gasteiger partial charge in [-0.15, -0.1) is 0 Å². The van der Waals surface area contributed by atoms with Crippen molar-refractivity contribution in [3.63, 3.8) is 0 Å². The molecule has 0 spiro atoms. The highest BCUT2D eigenvalue weighted by Crippen LogP contribution is 2.14. The van der Waals surface area contributed by atoms with Crippen molar-refractivity contribution in [1.29, 1.82) is 0 Å². The van der Waals surface area contributed by atoms with E-state index in [1.54, 1.807) is 0 Å². The minimum atomic E-state index is -4.33. The first-order valence-corrected chi connectivity index (χ1v) is 5.12. The molecular weight excluding hydrogens is 225 g/mol. The van der Waals surface area contributed by atoms with Crippen LogP contribution in [-0.4, -0.2) is 44.4 Å². The van der Waals surface area contributed by atoms with Gasteiger partial charge >= 0.3 is 6.18 Å². The molecule has 0 aliphatic carbocycles. The van der Waals surface area contributed by atoms with E-state index in [1.807, 2.05) is 0 Å². The van der Waals surface area contributed by atoms with E-state index in [4.69, 9.17) is 0 Å². The fraction of sp³-hybridized carbons (Fsp3) is 0.889. The summed E-state index contributed by atoms with van der Waals surface area (Å²) >= 11 is 0. The number of amides is 1. The van der Waals surface area contributed by atoms with Gasteiger partial charge in [0.25, 0.3) is 0 Å². The molecule has 0 unspecified atom stereocenters. The third kappa shape index (κ3) is 5.92. The summed E-state index contributed by atoms with van der Waals surface area (Å²) in [5, 5.41) is 5.78. The maximum absolute atomic E-state index is 11.7. The first-order valence-electron chi connectivity index (χ1n) is 5.12. The Morgan fingerprint density at radius 1 is 1.50 bits per heavy atom. The zero-order valence-corrected chi connectivity index (χ0v) is 8.77. The smallest absolute Gasteiger partial charge is 0.372 e. The lowest BCUT2D eigenvalue weighted by molar-refractivity contribution is -0.174. The fourth-order valence-corrected chi connectivity index (χ4v) is 1.43. The number of alkyl halides is 3. The molecule has 0 aromatic heterocycles. The molecule has 1 rings (SSSR count). The van der Waals surface area contributed by atoms with Crippen molar-refractivity contribution in [2.75, 3.05) is 26.3 Å². The van der Waals surface area contributed by atoms with Crippen LogP contribution in [0.15, 0.2) is 0 Å². The van der Waals surface area contributed by atoms with Gasteiger partial charge in [0.15, 0.2) is 0 Å². The van der Waals surface area contributed by atoms with Gasteiger partial charge in [0, 0.05) is 19.0 Å². The van der Waals surface area contributed by atoms with E-state index >= 15 is 0 Å². The molecule has 7 heteroatoms. The summed E-state index contributed by atoms with van der Waals surface area (Å²) in [6.45, 7) is 0.0709. The Balaban J connectivity index is 2.02. The molecule has 1 saturated heterocycles. The largest absolute Gasteiger partial charge is 0.411 e. The molecule has 4 nitrogen and oxygen atoms in total. The molecule has 1 aliphatic heterocycles. The zero-order chi connectivity index (χ0) is 12.0. The van der Waals surface area contributed by atoms with Crippen molar-refractivity contribution in [3.8, 4) is 0 Å². The molecule has 1 atom stereocenters. The Hall–Kier alpha value is -0.820. The number of carbonyl (C=O) groups excluding carboxylic acids is 1. The summed E-state index contributed by atoms with van der Waals surface area (Å²) in [4.78, 5) is 11.2. The van der Waals surface area contributed by atoms with Crippen LogP contribution >= 0.6 is 0 Å². The molecule has 1 heterocycles. The van der Waals surface area contributed by atoms with Crippen LogP contribution in [0.25, 0.3) is 0 Å². The highest BCUT2D eigenvalue weighted by Gasteiger charge is 2.27. The van der Waals surface area contributed by atoms with Gasteiger partial charge in [0.2, 0.25) is 5.91 Å². The van der Waals surface area contributed by atoms with Crippen molar-refractivity contribution in [2.24, 2.45) is 0 Å². The van der Waals surface area contributed by atoms with E-state index < -0.39 is 12.8 Å². The Morgan fingerprint density at radius 2 is 2.25 bits per heavy atom. The lowest BCUT2D eigenvalue weighted by Crippen LogP contribution is -2.36. The zero-order valence-electron chi connectivity index (χ0n) is 8.77. The maximum Gasteiger partial charge on any atom is 0.411 e. The molecule has 0 aromatic carbocycles. The van der Waals surface area contributed by atoms with Gasteiger partial charge in [0.1, 0.15) is 6.61 Å². The SMILES string of the molecule is O=C(CCOCC(F)(F)F)N[C@@H]1CCNC1. The minimum Gasteiger partial charge on any atom is -0.372 e. The first-order chi connectivity index (χ1) is 7.47. The molecule has 0 aromatic rings. The average molecular weight is 240 g/mol. The maximum atomic E-state index is 11.7. The monoisotopic (exact) mass is 240 g/mol. The topological polar surface area (TPSA) is 50.4 Å². The van der Waals surface area contributed by atoms with Crippen molar-refractivity contribution >= 4 is 5.91 Å². The van der Waals surface area contributed by atoms with E-state index in [0.29, 0.717) is 0 Å². The molecule has 1 amide bonds.